The van der Waals surface area contributed by atoms with Crippen LogP contribution in [-0.2, 0) is 6.54 Å². The topological polar surface area (TPSA) is 104 Å². The van der Waals surface area contributed by atoms with Crippen LogP contribution in [0.3, 0.4) is 0 Å². The average molecular weight is 501 g/mol. The third-order valence-corrected chi connectivity index (χ3v) is 6.56. The minimum absolute atomic E-state index is 0.0492. The van der Waals surface area contributed by atoms with Gasteiger partial charge in [-0.15, -0.1) is 0 Å². The number of pyridine rings is 1. The molecule has 1 aromatic carbocycles. The molecule has 0 unspecified atom stereocenters. The second-order valence-electron chi connectivity index (χ2n) is 8.07. The van der Waals surface area contributed by atoms with Crippen molar-refractivity contribution in [2.75, 3.05) is 31.1 Å². The number of hydrogen-bond donors (Lipinski definition) is 2. The molecular formula is C23H25ClN6O3S. The fraction of sp³-hybridized carbons (Fsp3) is 0.348. The van der Waals surface area contributed by atoms with Crippen molar-refractivity contribution in [1.29, 1.82) is 0 Å². The molecule has 34 heavy (non-hydrogen) atoms. The van der Waals surface area contributed by atoms with E-state index < -0.39 is 11.4 Å². The number of nitrogens with one attached hydrogen (secondary N) is 1. The van der Waals surface area contributed by atoms with Crippen molar-refractivity contribution in [1.82, 2.24) is 24.8 Å². The number of carbonyl (C=O) groups is 1. The molecule has 1 atom stereocenters. The molecule has 0 amide bonds. The minimum Gasteiger partial charge on any atom is -0.477 e. The smallest absolute Gasteiger partial charge is 0.341 e. The Bertz CT molecular complexity index is 1290. The third-order valence-electron chi connectivity index (χ3n) is 5.93. The van der Waals surface area contributed by atoms with Crippen LogP contribution in [-0.4, -0.2) is 61.8 Å². The van der Waals surface area contributed by atoms with Gasteiger partial charge in [0.1, 0.15) is 11.2 Å². The molecule has 178 valence electrons. The van der Waals surface area contributed by atoms with Gasteiger partial charge >= 0.3 is 5.97 Å². The number of fused-ring (bicyclic) bond motifs is 1. The number of rotatable bonds is 5. The molecule has 1 fully saturated rings. The first kappa shape index (κ1) is 23.9. The van der Waals surface area contributed by atoms with Gasteiger partial charge in [-0.2, -0.15) is 4.98 Å². The number of aryl methyl sites for hydroxylation is 1. The van der Waals surface area contributed by atoms with Gasteiger partial charge in [-0.25, -0.2) is 9.78 Å². The largest absolute Gasteiger partial charge is 0.477 e. The van der Waals surface area contributed by atoms with Gasteiger partial charge in [0.2, 0.25) is 11.4 Å². The van der Waals surface area contributed by atoms with E-state index in [1.54, 1.807) is 4.57 Å². The van der Waals surface area contributed by atoms with Gasteiger partial charge < -0.3 is 24.8 Å². The molecule has 1 saturated heterocycles. The number of aromatic nitrogens is 3. The summed E-state index contributed by atoms with van der Waals surface area (Å²) in [6, 6.07) is 7.73. The van der Waals surface area contributed by atoms with Crippen molar-refractivity contribution in [3.8, 4) is 0 Å². The summed E-state index contributed by atoms with van der Waals surface area (Å²) in [5.41, 5.74) is 0.671. The van der Waals surface area contributed by atoms with Crippen molar-refractivity contribution in [3.63, 3.8) is 0 Å². The molecule has 11 heteroatoms. The van der Waals surface area contributed by atoms with Crippen molar-refractivity contribution in [2.45, 2.75) is 26.4 Å². The fourth-order valence-electron chi connectivity index (χ4n) is 3.93. The number of carboxylic acids is 1. The molecule has 0 saturated carbocycles. The summed E-state index contributed by atoms with van der Waals surface area (Å²) in [7, 11) is 0. The molecular weight excluding hydrogens is 476 g/mol. The number of halogens is 1. The summed E-state index contributed by atoms with van der Waals surface area (Å²) in [4.78, 5) is 37.1. The van der Waals surface area contributed by atoms with E-state index >= 15 is 0 Å². The summed E-state index contributed by atoms with van der Waals surface area (Å²) in [6.45, 7) is 7.11. The number of thiocarbonyl (C=S) groups is 1. The lowest BCUT2D eigenvalue weighted by Crippen LogP contribution is -2.52. The first-order valence-corrected chi connectivity index (χ1v) is 11.8. The Kier molecular flexibility index (Phi) is 6.99. The van der Waals surface area contributed by atoms with E-state index in [4.69, 9.17) is 23.8 Å². The summed E-state index contributed by atoms with van der Waals surface area (Å²) in [5.74, 6) is -0.755. The lowest BCUT2D eigenvalue weighted by molar-refractivity contribution is 0.0695. The Morgan fingerprint density at radius 1 is 1.24 bits per heavy atom. The minimum atomic E-state index is -1.26. The normalized spacial score (nSPS) is 14.8. The zero-order valence-corrected chi connectivity index (χ0v) is 20.4. The van der Waals surface area contributed by atoms with E-state index in [0.29, 0.717) is 54.5 Å². The Hall–Kier alpha value is -3.24. The Morgan fingerprint density at radius 3 is 2.53 bits per heavy atom. The maximum absolute atomic E-state index is 12.5. The maximum Gasteiger partial charge on any atom is 0.341 e. The molecule has 2 N–H and O–H groups in total. The van der Waals surface area contributed by atoms with Crippen molar-refractivity contribution in [3.05, 3.63) is 63.0 Å². The highest BCUT2D eigenvalue weighted by atomic mass is 35.5. The second-order valence-corrected chi connectivity index (χ2v) is 8.89. The first-order valence-electron chi connectivity index (χ1n) is 11.0. The quantitative estimate of drug-likeness (QED) is 0.511. The molecule has 3 aromatic rings. The lowest BCUT2D eigenvalue weighted by Gasteiger charge is -2.37. The van der Waals surface area contributed by atoms with Crippen LogP contribution in [0.5, 0.6) is 0 Å². The number of hydrogen-bond acceptors (Lipinski definition) is 6. The number of piperazine rings is 1. The van der Waals surface area contributed by atoms with E-state index in [1.807, 2.05) is 36.1 Å². The second kappa shape index (κ2) is 9.94. The van der Waals surface area contributed by atoms with Crippen LogP contribution in [0.2, 0.25) is 5.02 Å². The predicted octanol–water partition coefficient (Wildman–Crippen LogP) is 2.92. The molecule has 4 rings (SSSR count). The molecule has 9 nitrogen and oxygen atoms in total. The molecule has 0 radical (unpaired) electrons. The third kappa shape index (κ3) is 4.83. The maximum atomic E-state index is 12.5. The summed E-state index contributed by atoms with van der Waals surface area (Å²) in [5, 5.41) is 14.3. The van der Waals surface area contributed by atoms with E-state index in [2.05, 4.69) is 27.1 Å². The standard InChI is InChI=1S/C23H25ClN6O3S/c1-3-28-13-18(21(32)33)19(31)17-12-25-22(27-20(17)28)29-8-10-30(11-9-29)23(34)26-14(2)15-4-6-16(24)7-5-15/h4-7,12-14H,3,8-11H2,1-2H3,(H,26,34)(H,32,33)/t14-/m0/s1. The van der Waals surface area contributed by atoms with Crippen LogP contribution in [0.15, 0.2) is 41.5 Å². The monoisotopic (exact) mass is 500 g/mol. The molecule has 0 spiro atoms. The van der Waals surface area contributed by atoms with Gasteiger partial charge in [0.05, 0.1) is 11.4 Å². The summed E-state index contributed by atoms with van der Waals surface area (Å²) in [6.07, 6.45) is 2.76. The molecule has 2 aromatic heterocycles. The number of anilines is 1. The number of aromatic carboxylic acids is 1. The SMILES string of the molecule is CCn1cc(C(=O)O)c(=O)c2cnc(N3CCN(C(=S)N[C@@H](C)c4ccc(Cl)cc4)CC3)nc21. The van der Waals surface area contributed by atoms with Crippen molar-refractivity contribution in [2.24, 2.45) is 0 Å². The van der Waals surface area contributed by atoms with Crippen LogP contribution in [0.1, 0.15) is 35.8 Å². The van der Waals surface area contributed by atoms with Crippen LogP contribution < -0.4 is 15.6 Å². The van der Waals surface area contributed by atoms with Crippen LogP contribution >= 0.6 is 23.8 Å². The van der Waals surface area contributed by atoms with E-state index in [-0.39, 0.29) is 17.0 Å². The number of nitrogens with zero attached hydrogens (tertiary/aromatic N) is 5. The zero-order chi connectivity index (χ0) is 24.4. The summed E-state index contributed by atoms with van der Waals surface area (Å²) >= 11 is 11.6. The van der Waals surface area contributed by atoms with E-state index in [1.165, 1.54) is 12.4 Å². The Balaban J connectivity index is 1.45. The predicted molar refractivity (Wildman–Crippen MR) is 136 cm³/mol. The highest BCUT2D eigenvalue weighted by Gasteiger charge is 2.23. The van der Waals surface area contributed by atoms with Gasteiger partial charge in [-0.3, -0.25) is 4.79 Å². The van der Waals surface area contributed by atoms with Gasteiger partial charge in [-0.05, 0) is 43.8 Å². The molecule has 1 aliphatic rings. The highest BCUT2D eigenvalue weighted by molar-refractivity contribution is 7.80. The van der Waals surface area contributed by atoms with Gasteiger partial charge in [-0.1, -0.05) is 23.7 Å². The van der Waals surface area contributed by atoms with Crippen LogP contribution in [0.4, 0.5) is 5.95 Å². The molecule has 0 aliphatic carbocycles. The van der Waals surface area contributed by atoms with Gasteiger partial charge in [0.25, 0.3) is 0 Å². The lowest BCUT2D eigenvalue weighted by atomic mass is 10.1. The van der Waals surface area contributed by atoms with E-state index in [9.17, 15) is 14.7 Å². The highest BCUT2D eigenvalue weighted by Crippen LogP contribution is 2.18. The fourth-order valence-corrected chi connectivity index (χ4v) is 4.42. The van der Waals surface area contributed by atoms with Crippen LogP contribution in [0.25, 0.3) is 11.0 Å². The Morgan fingerprint density at radius 2 is 1.91 bits per heavy atom. The molecule has 0 bridgehead atoms. The van der Waals surface area contributed by atoms with Gasteiger partial charge in [0.15, 0.2) is 5.11 Å². The Labute approximate surface area is 207 Å². The van der Waals surface area contributed by atoms with Crippen molar-refractivity contribution < 1.29 is 9.90 Å². The van der Waals surface area contributed by atoms with Crippen molar-refractivity contribution >= 4 is 51.9 Å². The first-order chi connectivity index (χ1) is 16.3. The zero-order valence-electron chi connectivity index (χ0n) is 18.9. The molecule has 3 heterocycles. The molecule has 1 aliphatic heterocycles. The summed E-state index contributed by atoms with van der Waals surface area (Å²) < 4.78 is 1.67. The van der Waals surface area contributed by atoms with Crippen LogP contribution in [0, 0.1) is 0 Å². The van der Waals surface area contributed by atoms with E-state index in [0.717, 1.165) is 5.56 Å². The average Bonchev–Trinajstić information content (AvgIpc) is 2.84. The van der Waals surface area contributed by atoms with Gasteiger partial charge in [0, 0.05) is 50.1 Å². The number of carboxylic acid groups (broad SMARTS) is 1. The number of benzene rings is 1.